The van der Waals surface area contributed by atoms with Crippen LogP contribution in [0, 0.1) is 0 Å². The first-order valence-electron chi connectivity index (χ1n) is 8.02. The fourth-order valence-corrected chi connectivity index (χ4v) is 2.89. The molecule has 1 aromatic heterocycles. The summed E-state index contributed by atoms with van der Waals surface area (Å²) in [5, 5.41) is 12.6. The number of H-pyrrole nitrogens is 1. The quantitative estimate of drug-likeness (QED) is 0.479. The predicted octanol–water partition coefficient (Wildman–Crippen LogP) is 3.98. The van der Waals surface area contributed by atoms with Crippen molar-refractivity contribution in [3.8, 4) is 17.0 Å². The van der Waals surface area contributed by atoms with Crippen LogP contribution >= 0.6 is 23.2 Å². The average molecular weight is 404 g/mol. The van der Waals surface area contributed by atoms with Crippen LogP contribution < -0.4 is 15.7 Å². The Hall–Kier alpha value is -2.90. The molecule has 0 aliphatic rings. The van der Waals surface area contributed by atoms with Gasteiger partial charge in [0.25, 0.3) is 5.56 Å². The zero-order valence-corrected chi connectivity index (χ0v) is 15.8. The molecule has 0 spiro atoms. The Morgan fingerprint density at radius 2 is 1.89 bits per heavy atom. The van der Waals surface area contributed by atoms with Gasteiger partial charge >= 0.3 is 0 Å². The fraction of sp³-hybridized carbons (Fsp3) is 0.111. The first kappa shape index (κ1) is 18.9. The van der Waals surface area contributed by atoms with Gasteiger partial charge in [0.1, 0.15) is 0 Å². The largest absolute Gasteiger partial charge is 0.491 e. The van der Waals surface area contributed by atoms with E-state index in [1.54, 1.807) is 24.3 Å². The Balaban J connectivity index is 1.74. The molecule has 3 aromatic rings. The number of nitrogens with one attached hydrogen (secondary N) is 2. The number of hydrogen-bond donors (Lipinski definition) is 2. The van der Waals surface area contributed by atoms with Crippen molar-refractivity contribution in [2.24, 2.45) is 5.10 Å². The minimum atomic E-state index is -0.374. The van der Waals surface area contributed by atoms with Gasteiger partial charge in [0.15, 0.2) is 11.4 Å². The lowest BCUT2D eigenvalue weighted by Crippen LogP contribution is -2.15. The summed E-state index contributed by atoms with van der Waals surface area (Å²) in [6, 6.07) is 12.4. The molecule has 0 saturated carbocycles. The Kier molecular flexibility index (Phi) is 6.05. The monoisotopic (exact) mass is 403 g/mol. The third kappa shape index (κ3) is 4.64. The van der Waals surface area contributed by atoms with Crippen molar-refractivity contribution in [3.05, 3.63) is 68.4 Å². The first-order chi connectivity index (χ1) is 13.1. The first-order valence-corrected chi connectivity index (χ1v) is 8.77. The summed E-state index contributed by atoms with van der Waals surface area (Å²) in [5.41, 5.74) is 3.80. The number of ether oxygens (including phenoxy) is 1. The van der Waals surface area contributed by atoms with Crippen molar-refractivity contribution in [2.75, 3.05) is 12.0 Å². The van der Waals surface area contributed by atoms with Crippen LogP contribution in [0.3, 0.4) is 0 Å². The number of aromatic amines is 1. The number of halogens is 2. The van der Waals surface area contributed by atoms with Crippen LogP contribution in [0.4, 0.5) is 5.95 Å². The highest BCUT2D eigenvalue weighted by molar-refractivity contribution is 6.37. The van der Waals surface area contributed by atoms with Crippen molar-refractivity contribution < 1.29 is 4.74 Å². The molecule has 0 aliphatic carbocycles. The summed E-state index contributed by atoms with van der Waals surface area (Å²) in [5.74, 6) is 0.539. The van der Waals surface area contributed by atoms with E-state index in [0.717, 1.165) is 0 Å². The second-order valence-corrected chi connectivity index (χ2v) is 6.15. The van der Waals surface area contributed by atoms with Crippen LogP contribution in [0.25, 0.3) is 11.3 Å². The van der Waals surface area contributed by atoms with E-state index in [2.05, 4.69) is 25.7 Å². The summed E-state index contributed by atoms with van der Waals surface area (Å²) >= 11 is 12.3. The van der Waals surface area contributed by atoms with Crippen molar-refractivity contribution >= 4 is 35.4 Å². The van der Waals surface area contributed by atoms with E-state index in [0.29, 0.717) is 33.5 Å². The smallest absolute Gasteiger partial charge is 0.279 e. The molecule has 0 saturated heterocycles. The number of aromatic nitrogens is 3. The number of nitrogens with zero attached hydrogens (tertiary/aromatic N) is 3. The molecule has 27 heavy (non-hydrogen) atoms. The molecule has 0 radical (unpaired) electrons. The van der Waals surface area contributed by atoms with E-state index >= 15 is 0 Å². The normalized spacial score (nSPS) is 10.9. The zero-order valence-electron chi connectivity index (χ0n) is 14.2. The van der Waals surface area contributed by atoms with Gasteiger partial charge in [-0.3, -0.25) is 9.78 Å². The molecule has 2 N–H and O–H groups in total. The van der Waals surface area contributed by atoms with Gasteiger partial charge in [0.05, 0.1) is 22.9 Å². The summed E-state index contributed by atoms with van der Waals surface area (Å²) in [6.07, 6.45) is 1.48. The lowest BCUT2D eigenvalue weighted by Gasteiger charge is -2.08. The molecular formula is C18H15Cl2N5O2. The second kappa shape index (κ2) is 8.66. The van der Waals surface area contributed by atoms with Crippen LogP contribution in [0.5, 0.6) is 5.75 Å². The van der Waals surface area contributed by atoms with E-state index in [4.69, 9.17) is 27.9 Å². The molecule has 1 heterocycles. The molecule has 0 fully saturated rings. The number of hydrogen-bond acceptors (Lipinski definition) is 6. The molecule has 7 nitrogen and oxygen atoms in total. The molecule has 0 aliphatic heterocycles. The van der Waals surface area contributed by atoms with Crippen LogP contribution in [-0.4, -0.2) is 28.0 Å². The maximum Gasteiger partial charge on any atom is 0.279 e. The number of rotatable bonds is 6. The Morgan fingerprint density at radius 1 is 1.19 bits per heavy atom. The number of anilines is 1. The summed E-state index contributed by atoms with van der Waals surface area (Å²) in [7, 11) is 0. The summed E-state index contributed by atoms with van der Waals surface area (Å²) in [6.45, 7) is 2.30. The van der Waals surface area contributed by atoms with Gasteiger partial charge in [0.2, 0.25) is 5.95 Å². The minimum Gasteiger partial charge on any atom is -0.491 e. The van der Waals surface area contributed by atoms with E-state index < -0.39 is 0 Å². The molecule has 138 valence electrons. The zero-order chi connectivity index (χ0) is 19.2. The van der Waals surface area contributed by atoms with E-state index in [1.807, 2.05) is 25.1 Å². The topological polar surface area (TPSA) is 92.3 Å². The van der Waals surface area contributed by atoms with Crippen molar-refractivity contribution in [3.63, 3.8) is 0 Å². The van der Waals surface area contributed by atoms with E-state index in [-0.39, 0.29) is 17.2 Å². The molecule has 0 unspecified atom stereocenters. The van der Waals surface area contributed by atoms with E-state index in [9.17, 15) is 4.79 Å². The Labute approximate surface area is 165 Å². The molecule has 0 atom stereocenters. The number of hydrazone groups is 1. The molecule has 2 aromatic carbocycles. The predicted molar refractivity (Wildman–Crippen MR) is 107 cm³/mol. The summed E-state index contributed by atoms with van der Waals surface area (Å²) < 4.78 is 5.38. The number of benzene rings is 2. The molecule has 0 amide bonds. The third-order valence-electron chi connectivity index (χ3n) is 3.44. The fourth-order valence-electron chi connectivity index (χ4n) is 2.28. The van der Waals surface area contributed by atoms with Crippen molar-refractivity contribution in [1.29, 1.82) is 0 Å². The van der Waals surface area contributed by atoms with Crippen molar-refractivity contribution in [2.45, 2.75) is 6.92 Å². The van der Waals surface area contributed by atoms with E-state index in [1.165, 1.54) is 6.21 Å². The van der Waals surface area contributed by atoms with Gasteiger partial charge in [-0.25, -0.2) is 5.43 Å². The lowest BCUT2D eigenvalue weighted by atomic mass is 10.2. The third-order valence-corrected chi connectivity index (χ3v) is 4.00. The Bertz CT molecular complexity index is 999. The maximum atomic E-state index is 12.2. The van der Waals surface area contributed by atoms with Crippen LogP contribution in [0.2, 0.25) is 10.0 Å². The van der Waals surface area contributed by atoms with Gasteiger partial charge in [-0.05, 0) is 24.6 Å². The minimum absolute atomic E-state index is 0.110. The second-order valence-electron chi connectivity index (χ2n) is 5.33. The standard InChI is InChI=1S/C18H15Cl2N5O2/c1-2-27-16-13(19)8-11(9-14(16)20)10-21-24-18-22-17(26)15(23-25-18)12-6-4-3-5-7-12/h3-10H,2H2,1H3,(H2,22,24,25,26)/b21-10+. The van der Waals surface area contributed by atoms with Crippen LogP contribution in [0.15, 0.2) is 52.4 Å². The van der Waals surface area contributed by atoms with Gasteiger partial charge in [-0.15, -0.1) is 10.2 Å². The Morgan fingerprint density at radius 3 is 2.52 bits per heavy atom. The van der Waals surface area contributed by atoms with Crippen LogP contribution in [0.1, 0.15) is 12.5 Å². The SMILES string of the molecule is CCOc1c(Cl)cc(/C=N/Nc2nnc(-c3ccccc3)c(=O)[nH]2)cc1Cl. The average Bonchev–Trinajstić information content (AvgIpc) is 2.65. The van der Waals surface area contributed by atoms with Gasteiger partial charge in [-0.1, -0.05) is 53.5 Å². The lowest BCUT2D eigenvalue weighted by molar-refractivity contribution is 0.340. The molecular weight excluding hydrogens is 389 g/mol. The highest BCUT2D eigenvalue weighted by atomic mass is 35.5. The van der Waals surface area contributed by atoms with Crippen molar-refractivity contribution in [1.82, 2.24) is 15.2 Å². The van der Waals surface area contributed by atoms with Gasteiger partial charge < -0.3 is 4.74 Å². The highest BCUT2D eigenvalue weighted by Crippen LogP contribution is 2.33. The van der Waals surface area contributed by atoms with Gasteiger partial charge in [-0.2, -0.15) is 5.10 Å². The maximum absolute atomic E-state index is 12.2. The highest BCUT2D eigenvalue weighted by Gasteiger charge is 2.09. The molecule has 3 rings (SSSR count). The van der Waals surface area contributed by atoms with Gasteiger partial charge in [0, 0.05) is 5.56 Å². The molecule has 9 heteroatoms. The van der Waals surface area contributed by atoms with Crippen LogP contribution in [-0.2, 0) is 0 Å². The molecule has 0 bridgehead atoms. The summed E-state index contributed by atoms with van der Waals surface area (Å²) in [4.78, 5) is 14.7.